The molecule has 14 heteroatoms. The summed E-state index contributed by atoms with van der Waals surface area (Å²) in [4.78, 5) is 30.7. The average Bonchev–Trinajstić information content (AvgIpc) is 3.17. The van der Waals surface area contributed by atoms with Crippen LogP contribution in [0.15, 0.2) is 21.8 Å². The van der Waals surface area contributed by atoms with E-state index in [9.17, 15) is 19.9 Å². The fraction of sp³-hybridized carbons (Fsp3) is 0.471. The molecule has 0 saturated carbocycles. The molecule has 2 fully saturated rings. The molecule has 3 aliphatic heterocycles. The molecule has 0 aliphatic carbocycles. The van der Waals surface area contributed by atoms with Crippen LogP contribution in [0.25, 0.3) is 0 Å². The number of nitrogens with one attached hydrogen (secondary N) is 1. The monoisotopic (exact) mass is 491 g/mol. The Balaban J connectivity index is 0.00000272. The molecule has 4 heterocycles. The zero-order chi connectivity index (χ0) is 21.4. The number of hydrogen-bond donors (Lipinski definition) is 3. The first-order valence-corrected chi connectivity index (χ1v) is 11.5. The van der Waals surface area contributed by atoms with E-state index in [1.807, 2.05) is 0 Å². The van der Waals surface area contributed by atoms with Gasteiger partial charge in [0.2, 0.25) is 0 Å². The molecule has 10 nitrogen and oxygen atoms in total. The van der Waals surface area contributed by atoms with Crippen molar-refractivity contribution in [2.45, 2.75) is 24.3 Å². The summed E-state index contributed by atoms with van der Waals surface area (Å²) < 4.78 is 5.39. The topological polar surface area (TPSA) is 153 Å². The summed E-state index contributed by atoms with van der Waals surface area (Å²) in [6.45, 7) is 1.22. The van der Waals surface area contributed by atoms with E-state index in [2.05, 4.69) is 15.5 Å². The molecule has 0 radical (unpaired) electrons. The molecule has 1 aromatic heterocycles. The Morgan fingerprint density at radius 3 is 2.74 bits per heavy atom. The van der Waals surface area contributed by atoms with Gasteiger partial charge in [0.15, 0.2) is 10.8 Å². The quantitative estimate of drug-likeness (QED) is 0.0959. The summed E-state index contributed by atoms with van der Waals surface area (Å²) in [5.41, 5.74) is 6.48. The zero-order valence-corrected chi connectivity index (χ0v) is 21.0. The molecule has 2 saturated heterocycles. The molecule has 31 heavy (non-hydrogen) atoms. The van der Waals surface area contributed by atoms with E-state index >= 15 is 0 Å². The molecule has 1 unspecified atom stereocenters. The van der Waals surface area contributed by atoms with Crippen molar-refractivity contribution in [1.29, 1.82) is 0 Å². The molecular formula is C17H18N5NaO5S3. The van der Waals surface area contributed by atoms with Gasteiger partial charge in [-0.05, 0) is 29.4 Å². The fourth-order valence-corrected chi connectivity index (χ4v) is 6.04. The Morgan fingerprint density at radius 2 is 2.16 bits per heavy atom. The molecule has 4 rings (SSSR count). The number of carbonyl (C=O) groups is 2. The zero-order valence-electron chi connectivity index (χ0n) is 16.6. The van der Waals surface area contributed by atoms with E-state index in [0.717, 1.165) is 29.8 Å². The maximum absolute atomic E-state index is 12.8. The second kappa shape index (κ2) is 10.1. The van der Waals surface area contributed by atoms with Gasteiger partial charge in [-0.15, -0.1) is 23.1 Å². The number of oxime groups is 1. The molecule has 160 valence electrons. The van der Waals surface area contributed by atoms with Gasteiger partial charge in [0.1, 0.15) is 17.1 Å². The number of thiocarbonyl (C=S) groups is 1. The maximum Gasteiger partial charge on any atom is 1.00 e. The van der Waals surface area contributed by atoms with Gasteiger partial charge in [-0.25, -0.2) is 4.98 Å². The largest absolute Gasteiger partial charge is 1.00 e. The minimum atomic E-state index is -0.865. The molecule has 2 atom stereocenters. The third-order valence-corrected chi connectivity index (χ3v) is 7.44. The van der Waals surface area contributed by atoms with Crippen LogP contribution in [0.5, 0.6) is 0 Å². The van der Waals surface area contributed by atoms with Crippen molar-refractivity contribution < 1.29 is 54.2 Å². The van der Waals surface area contributed by atoms with Gasteiger partial charge in [0.25, 0.3) is 11.8 Å². The molecule has 3 aliphatic rings. The second-order valence-electron chi connectivity index (χ2n) is 6.93. The van der Waals surface area contributed by atoms with Crippen LogP contribution in [0, 0.1) is 5.92 Å². The van der Waals surface area contributed by atoms with Crippen molar-refractivity contribution in [2.75, 3.05) is 24.7 Å². The van der Waals surface area contributed by atoms with E-state index in [1.165, 1.54) is 22.0 Å². The molecule has 0 bridgehead atoms. The number of ether oxygens (including phenoxy) is 1. The number of carbonyl (C=O) groups excluding carboxylic acids is 2. The number of β-lactam (4-membered cyclic amide) rings is 1. The number of amides is 2. The van der Waals surface area contributed by atoms with Crippen LogP contribution < -0.4 is 45.7 Å². The minimum Gasteiger partial charge on any atom is -0.863 e. The summed E-state index contributed by atoms with van der Waals surface area (Å²) in [6, 6.07) is -0.865. The molecule has 1 aromatic rings. The van der Waals surface area contributed by atoms with E-state index in [-0.39, 0.29) is 57.7 Å². The van der Waals surface area contributed by atoms with E-state index < -0.39 is 28.3 Å². The van der Waals surface area contributed by atoms with Crippen LogP contribution in [-0.4, -0.2) is 68.1 Å². The Labute approximate surface area is 213 Å². The van der Waals surface area contributed by atoms with Gasteiger partial charge < -0.3 is 26.1 Å². The summed E-state index contributed by atoms with van der Waals surface area (Å²) in [5, 5.41) is 27.7. The number of anilines is 1. The van der Waals surface area contributed by atoms with E-state index in [0.29, 0.717) is 19.0 Å². The van der Waals surface area contributed by atoms with E-state index in [4.69, 9.17) is 22.7 Å². The van der Waals surface area contributed by atoms with Gasteiger partial charge in [0.05, 0.1) is 0 Å². The Morgan fingerprint density at radius 1 is 1.45 bits per heavy atom. The number of hydrogen-bond acceptors (Lipinski definition) is 11. The number of aromatic nitrogens is 1. The predicted octanol–water partition coefficient (Wildman–Crippen LogP) is -3.32. The molecule has 0 spiro atoms. The third-order valence-electron chi connectivity index (χ3n) is 5.27. The Hall–Kier alpha value is -1.22. The summed E-state index contributed by atoms with van der Waals surface area (Å²) >= 11 is 7.48. The fourth-order valence-electron chi connectivity index (χ4n) is 3.81. The summed E-state index contributed by atoms with van der Waals surface area (Å²) in [5.74, 6) is -0.480. The van der Waals surface area contributed by atoms with Gasteiger partial charge in [-0.1, -0.05) is 17.4 Å². The van der Waals surface area contributed by atoms with Crippen molar-refractivity contribution in [3.05, 3.63) is 22.3 Å². The summed E-state index contributed by atoms with van der Waals surface area (Å²) in [6.07, 6.45) is 1.56. The van der Waals surface area contributed by atoms with Crippen LogP contribution in [0.3, 0.4) is 0 Å². The standard InChI is InChI=1S/C17H19N5O5S3.Na/c18-17-19-9(6-30-17)10(21-26)13(23)20-11-14(24)22-12(16(25)28)8(5-29-15(11)22)7-1-3-27-4-2-7;/h6-7,11,15,26H,1-5H2,(H2,18,19)(H,20,23)(H,25,28);/q;+1/p-1/b21-10-;/t11?,15-;/m1./s1. The summed E-state index contributed by atoms with van der Waals surface area (Å²) in [7, 11) is 0. The smallest absolute Gasteiger partial charge is 0.863 e. The van der Waals surface area contributed by atoms with Crippen LogP contribution in [0.1, 0.15) is 18.5 Å². The number of nitrogen functional groups attached to an aromatic ring is 1. The first-order chi connectivity index (χ1) is 14.4. The molecule has 4 N–H and O–H groups in total. The number of thiazole rings is 1. The van der Waals surface area contributed by atoms with Gasteiger partial charge in [0, 0.05) is 30.0 Å². The molecule has 2 amide bonds. The Kier molecular flexibility index (Phi) is 8.00. The van der Waals surface area contributed by atoms with Crippen molar-refractivity contribution in [2.24, 2.45) is 11.1 Å². The van der Waals surface area contributed by atoms with Crippen molar-refractivity contribution >= 4 is 63.0 Å². The first kappa shape index (κ1) is 24.4. The third kappa shape index (κ3) is 4.63. The number of fused-ring (bicyclic) bond motifs is 1. The Bertz CT molecular complexity index is 962. The molecular weight excluding hydrogens is 473 g/mol. The van der Waals surface area contributed by atoms with E-state index in [1.54, 1.807) is 0 Å². The van der Waals surface area contributed by atoms with Crippen LogP contribution in [0.2, 0.25) is 0 Å². The second-order valence-corrected chi connectivity index (χ2v) is 9.29. The number of nitrogens with zero attached hydrogens (tertiary/aromatic N) is 3. The average molecular weight is 492 g/mol. The number of rotatable bonds is 5. The van der Waals surface area contributed by atoms with Crippen LogP contribution >= 0.6 is 35.3 Å². The van der Waals surface area contributed by atoms with Gasteiger partial charge in [-0.3, -0.25) is 14.5 Å². The van der Waals surface area contributed by atoms with Crippen LogP contribution in [-0.2, 0) is 14.3 Å². The van der Waals surface area contributed by atoms with Crippen molar-refractivity contribution in [1.82, 2.24) is 15.2 Å². The van der Waals surface area contributed by atoms with Gasteiger partial charge in [-0.2, -0.15) is 0 Å². The first-order valence-electron chi connectivity index (χ1n) is 9.13. The predicted molar refractivity (Wildman–Crippen MR) is 113 cm³/mol. The minimum absolute atomic E-state index is 0. The number of thioether (sulfide) groups is 1. The van der Waals surface area contributed by atoms with Crippen molar-refractivity contribution in [3.8, 4) is 0 Å². The van der Waals surface area contributed by atoms with Crippen LogP contribution in [0.4, 0.5) is 5.13 Å². The SMILES string of the molecule is Nc1nc(/C(=N/O)C(=O)NC2C(=O)N3C(C([O-])=S)=C(C4CCOCC4)CS[C@H]23)cs1.[Na+]. The normalized spacial score (nSPS) is 24.2. The maximum atomic E-state index is 12.8. The van der Waals surface area contributed by atoms with Crippen molar-refractivity contribution in [3.63, 3.8) is 0 Å². The number of nitrogens with two attached hydrogens (primary N) is 1. The molecule has 0 aromatic carbocycles. The van der Waals surface area contributed by atoms with Gasteiger partial charge >= 0.3 is 29.6 Å².